The van der Waals surface area contributed by atoms with Crippen molar-refractivity contribution in [2.75, 3.05) is 18.4 Å². The van der Waals surface area contributed by atoms with Crippen LogP contribution < -0.4 is 5.32 Å². The van der Waals surface area contributed by atoms with Crippen LogP contribution >= 0.6 is 11.6 Å². The first-order valence-corrected chi connectivity index (χ1v) is 10.6. The predicted molar refractivity (Wildman–Crippen MR) is 103 cm³/mol. The van der Waals surface area contributed by atoms with Crippen molar-refractivity contribution in [3.8, 4) is 0 Å². The molecule has 2 aromatic rings. The zero-order valence-electron chi connectivity index (χ0n) is 14.6. The maximum Gasteiger partial charge on any atom is 0.228 e. The van der Waals surface area contributed by atoms with Crippen LogP contribution in [0.25, 0.3) is 0 Å². The molecule has 8 heteroatoms. The summed E-state index contributed by atoms with van der Waals surface area (Å²) in [5.41, 5.74) is 0.737. The molecule has 0 spiro atoms. The highest BCUT2D eigenvalue weighted by Crippen LogP contribution is 2.24. The van der Waals surface area contributed by atoms with Gasteiger partial charge in [-0.25, -0.2) is 17.1 Å². The Morgan fingerprint density at radius 1 is 1.19 bits per heavy atom. The molecule has 5 nitrogen and oxygen atoms in total. The van der Waals surface area contributed by atoms with Gasteiger partial charge in [0.05, 0.1) is 17.4 Å². The Hall–Kier alpha value is -1.96. The van der Waals surface area contributed by atoms with Crippen LogP contribution in [0.1, 0.15) is 18.4 Å². The van der Waals surface area contributed by atoms with Gasteiger partial charge in [0.1, 0.15) is 5.82 Å². The molecule has 2 aromatic carbocycles. The van der Waals surface area contributed by atoms with Crippen molar-refractivity contribution in [1.82, 2.24) is 4.31 Å². The summed E-state index contributed by atoms with van der Waals surface area (Å²) in [6.07, 6.45) is 1.14. The van der Waals surface area contributed by atoms with E-state index in [1.807, 2.05) is 0 Å². The lowest BCUT2D eigenvalue weighted by atomic mass is 9.98. The summed E-state index contributed by atoms with van der Waals surface area (Å²) < 4.78 is 40.5. The van der Waals surface area contributed by atoms with E-state index in [4.69, 9.17) is 11.6 Å². The van der Waals surface area contributed by atoms with Crippen LogP contribution in [0.5, 0.6) is 0 Å². The number of anilines is 1. The zero-order chi connectivity index (χ0) is 19.4. The van der Waals surface area contributed by atoms with Crippen molar-refractivity contribution >= 4 is 33.2 Å². The van der Waals surface area contributed by atoms with Crippen LogP contribution in [0, 0.1) is 11.7 Å². The number of rotatable bonds is 5. The summed E-state index contributed by atoms with van der Waals surface area (Å²) in [5.74, 6) is -1.55. The van der Waals surface area contributed by atoms with Gasteiger partial charge >= 0.3 is 0 Å². The van der Waals surface area contributed by atoms with Crippen LogP contribution in [-0.4, -0.2) is 31.7 Å². The van der Waals surface area contributed by atoms with E-state index < -0.39 is 21.8 Å². The number of sulfonamides is 1. The third kappa shape index (κ3) is 5.06. The van der Waals surface area contributed by atoms with E-state index in [9.17, 15) is 17.6 Å². The molecule has 1 fully saturated rings. The summed E-state index contributed by atoms with van der Waals surface area (Å²) >= 11 is 5.83. The van der Waals surface area contributed by atoms with Crippen LogP contribution in [-0.2, 0) is 20.6 Å². The maximum atomic E-state index is 13.7. The molecule has 0 aliphatic carbocycles. The third-order valence-electron chi connectivity index (χ3n) is 4.54. The van der Waals surface area contributed by atoms with Gasteiger partial charge in [0.2, 0.25) is 15.9 Å². The molecule has 27 heavy (non-hydrogen) atoms. The molecule has 0 aromatic heterocycles. The van der Waals surface area contributed by atoms with Gasteiger partial charge in [-0.15, -0.1) is 0 Å². The van der Waals surface area contributed by atoms with Crippen LogP contribution in [0.15, 0.2) is 48.5 Å². The summed E-state index contributed by atoms with van der Waals surface area (Å²) in [4.78, 5) is 12.5. The Balaban J connectivity index is 1.66. The van der Waals surface area contributed by atoms with E-state index in [1.165, 1.54) is 22.5 Å². The van der Waals surface area contributed by atoms with Gasteiger partial charge in [-0.05, 0) is 42.7 Å². The molecule has 0 saturated carbocycles. The monoisotopic (exact) mass is 410 g/mol. The normalized spacial score (nSPS) is 18.2. The fourth-order valence-electron chi connectivity index (χ4n) is 3.09. The van der Waals surface area contributed by atoms with Crippen molar-refractivity contribution in [2.24, 2.45) is 5.92 Å². The molecule has 0 unspecified atom stereocenters. The quantitative estimate of drug-likeness (QED) is 0.818. The topological polar surface area (TPSA) is 66.5 Å². The second-order valence-electron chi connectivity index (χ2n) is 6.55. The molecule has 1 N–H and O–H groups in total. The minimum absolute atomic E-state index is 0.0935. The molecule has 0 bridgehead atoms. The smallest absolute Gasteiger partial charge is 0.228 e. The summed E-state index contributed by atoms with van der Waals surface area (Å²) in [7, 11) is -3.56. The highest BCUT2D eigenvalue weighted by Gasteiger charge is 2.32. The zero-order valence-corrected chi connectivity index (χ0v) is 16.1. The molecule has 144 valence electrons. The number of carbonyl (C=O) groups excluding carboxylic acids is 1. The lowest BCUT2D eigenvalue weighted by molar-refractivity contribution is -0.120. The number of nitrogens with one attached hydrogen (secondary N) is 1. The Bertz CT molecular complexity index is 919. The fraction of sp³-hybridized carbons (Fsp3) is 0.316. The number of carbonyl (C=O) groups is 1. The summed E-state index contributed by atoms with van der Waals surface area (Å²) in [5, 5.41) is 3.10. The Morgan fingerprint density at radius 3 is 2.59 bits per heavy atom. The molecule has 1 amide bonds. The van der Waals surface area contributed by atoms with Gasteiger partial charge in [0.25, 0.3) is 0 Å². The Labute approximate surface area is 163 Å². The Morgan fingerprint density at radius 2 is 1.89 bits per heavy atom. The van der Waals surface area contributed by atoms with E-state index >= 15 is 0 Å². The average molecular weight is 411 g/mol. The molecule has 3 rings (SSSR count). The molecule has 1 saturated heterocycles. The average Bonchev–Trinajstić information content (AvgIpc) is 2.65. The predicted octanol–water partition coefficient (Wildman–Crippen LogP) is 3.66. The molecule has 1 heterocycles. The van der Waals surface area contributed by atoms with Gasteiger partial charge < -0.3 is 5.32 Å². The lowest BCUT2D eigenvalue weighted by Crippen LogP contribution is -2.44. The van der Waals surface area contributed by atoms with E-state index in [1.54, 1.807) is 30.3 Å². The number of hydrogen-bond donors (Lipinski definition) is 1. The molecular formula is C19H20ClFN2O3S. The first-order chi connectivity index (χ1) is 12.8. The number of amides is 1. The standard InChI is InChI=1S/C19H20ClFN2O3S/c20-16-9-7-14(8-10-16)13-27(25,26)23-11-3-4-15(12-23)19(24)22-18-6-2-1-5-17(18)21/h1-2,5-10,15H,3-4,11-13H2,(H,22,24)/t15-/m0/s1. The number of nitrogens with zero attached hydrogens (tertiary/aromatic N) is 1. The second kappa shape index (κ2) is 8.37. The van der Waals surface area contributed by atoms with Gasteiger partial charge in [0.15, 0.2) is 0 Å². The SMILES string of the molecule is O=C(Nc1ccccc1F)[C@H]1CCCN(S(=O)(=O)Cc2ccc(Cl)cc2)C1. The van der Waals surface area contributed by atoms with Gasteiger partial charge in [-0.1, -0.05) is 35.9 Å². The fourth-order valence-corrected chi connectivity index (χ4v) is 4.83. The van der Waals surface area contributed by atoms with Crippen molar-refractivity contribution in [3.05, 3.63) is 64.9 Å². The van der Waals surface area contributed by atoms with E-state index in [-0.39, 0.29) is 23.9 Å². The summed E-state index contributed by atoms with van der Waals surface area (Å²) in [6.45, 7) is 0.468. The third-order valence-corrected chi connectivity index (χ3v) is 6.61. The molecule has 0 radical (unpaired) electrons. The van der Waals surface area contributed by atoms with Gasteiger partial charge in [-0.3, -0.25) is 4.79 Å². The second-order valence-corrected chi connectivity index (χ2v) is 8.95. The van der Waals surface area contributed by atoms with Gasteiger partial charge in [0, 0.05) is 18.1 Å². The number of halogens is 2. The largest absolute Gasteiger partial charge is 0.323 e. The van der Waals surface area contributed by atoms with Crippen LogP contribution in [0.3, 0.4) is 0 Å². The summed E-state index contributed by atoms with van der Waals surface area (Å²) in [6, 6.07) is 12.5. The Kier molecular flexibility index (Phi) is 6.14. The van der Waals surface area contributed by atoms with E-state index in [0.29, 0.717) is 30.0 Å². The number of hydrogen-bond acceptors (Lipinski definition) is 3. The minimum atomic E-state index is -3.56. The number of piperidine rings is 1. The number of benzene rings is 2. The molecular weight excluding hydrogens is 391 g/mol. The highest BCUT2D eigenvalue weighted by molar-refractivity contribution is 7.88. The van der Waals surface area contributed by atoms with E-state index in [0.717, 1.165) is 0 Å². The molecule has 1 aliphatic rings. The van der Waals surface area contributed by atoms with Gasteiger partial charge in [-0.2, -0.15) is 0 Å². The van der Waals surface area contributed by atoms with Crippen molar-refractivity contribution < 1.29 is 17.6 Å². The molecule has 1 atom stereocenters. The lowest BCUT2D eigenvalue weighted by Gasteiger charge is -2.31. The first-order valence-electron chi connectivity index (χ1n) is 8.63. The van der Waals surface area contributed by atoms with Crippen molar-refractivity contribution in [3.63, 3.8) is 0 Å². The van der Waals surface area contributed by atoms with Crippen molar-refractivity contribution in [2.45, 2.75) is 18.6 Å². The van der Waals surface area contributed by atoms with Crippen molar-refractivity contribution in [1.29, 1.82) is 0 Å². The molecule has 1 aliphatic heterocycles. The maximum absolute atomic E-state index is 13.7. The minimum Gasteiger partial charge on any atom is -0.323 e. The van der Waals surface area contributed by atoms with E-state index in [2.05, 4.69) is 5.32 Å². The van der Waals surface area contributed by atoms with Crippen LogP contribution in [0.4, 0.5) is 10.1 Å². The first kappa shape index (κ1) is 19.8. The highest BCUT2D eigenvalue weighted by atomic mass is 35.5. The number of para-hydroxylation sites is 1. The van der Waals surface area contributed by atoms with Crippen LogP contribution in [0.2, 0.25) is 5.02 Å².